The molecular weight excluding hydrogens is 199 g/mol. The molecule has 0 N–H and O–H groups in total. The monoisotopic (exact) mass is 224 g/mol. The molecule has 0 unspecified atom stereocenters. The van der Waals surface area contributed by atoms with Gasteiger partial charge in [-0.3, -0.25) is 0 Å². The molecule has 0 aliphatic heterocycles. The van der Waals surface area contributed by atoms with E-state index in [-0.39, 0.29) is 0 Å². The van der Waals surface area contributed by atoms with E-state index < -0.39 is 0 Å². The SMILES string of the molecule is CCCCCCl.CCP(CC)CC. The van der Waals surface area contributed by atoms with Crippen LogP contribution in [0.15, 0.2) is 0 Å². The number of alkyl halides is 1. The number of hydrogen-bond donors (Lipinski definition) is 0. The molecule has 0 spiro atoms. The third-order valence-corrected chi connectivity index (χ3v) is 5.03. The lowest BCUT2D eigenvalue weighted by Crippen LogP contribution is -1.83. The van der Waals surface area contributed by atoms with Crippen molar-refractivity contribution in [1.29, 1.82) is 0 Å². The molecular formula is C11H26ClP. The molecule has 0 rings (SSSR count). The molecule has 0 aliphatic carbocycles. The third-order valence-electron chi connectivity index (χ3n) is 2.08. The molecule has 13 heavy (non-hydrogen) atoms. The lowest BCUT2D eigenvalue weighted by Gasteiger charge is -2.07. The Morgan fingerprint density at radius 2 is 1.31 bits per heavy atom. The van der Waals surface area contributed by atoms with Crippen LogP contribution in [0.4, 0.5) is 0 Å². The predicted octanol–water partition coefficient (Wildman–Crippen LogP) is 4.94. The first kappa shape index (κ1) is 16.2. The Morgan fingerprint density at radius 3 is 1.38 bits per heavy atom. The number of halogens is 1. The Morgan fingerprint density at radius 1 is 0.846 bits per heavy atom. The minimum Gasteiger partial charge on any atom is -0.127 e. The minimum absolute atomic E-state index is 0.446. The molecule has 0 aromatic heterocycles. The van der Waals surface area contributed by atoms with Crippen LogP contribution in [0.3, 0.4) is 0 Å². The van der Waals surface area contributed by atoms with Gasteiger partial charge in [0, 0.05) is 5.88 Å². The lowest BCUT2D eigenvalue weighted by molar-refractivity contribution is 0.776. The Labute approximate surface area is 91.2 Å². The van der Waals surface area contributed by atoms with E-state index in [0.29, 0.717) is 7.92 Å². The molecule has 0 fully saturated rings. The molecule has 0 nitrogen and oxygen atoms in total. The molecule has 0 radical (unpaired) electrons. The molecule has 0 aromatic carbocycles. The van der Waals surface area contributed by atoms with E-state index in [4.69, 9.17) is 11.6 Å². The topological polar surface area (TPSA) is 0 Å². The van der Waals surface area contributed by atoms with Crippen molar-refractivity contribution < 1.29 is 0 Å². The Kier molecular flexibility index (Phi) is 18.9. The van der Waals surface area contributed by atoms with Gasteiger partial charge in [0.25, 0.3) is 0 Å². The predicted molar refractivity (Wildman–Crippen MR) is 68.8 cm³/mol. The van der Waals surface area contributed by atoms with Crippen LogP contribution in [0.5, 0.6) is 0 Å². The van der Waals surface area contributed by atoms with E-state index in [1.807, 2.05) is 0 Å². The van der Waals surface area contributed by atoms with E-state index in [1.165, 1.54) is 37.7 Å². The first-order chi connectivity index (χ1) is 6.26. The van der Waals surface area contributed by atoms with E-state index >= 15 is 0 Å². The fourth-order valence-electron chi connectivity index (χ4n) is 1.02. The number of rotatable bonds is 6. The molecule has 0 aliphatic rings. The maximum Gasteiger partial charge on any atom is 0.0223 e. The Hall–Kier alpha value is 0.720. The molecule has 0 atom stereocenters. The van der Waals surface area contributed by atoms with E-state index in [1.54, 1.807) is 0 Å². The van der Waals surface area contributed by atoms with Gasteiger partial charge >= 0.3 is 0 Å². The van der Waals surface area contributed by atoms with Gasteiger partial charge < -0.3 is 0 Å². The van der Waals surface area contributed by atoms with Crippen LogP contribution < -0.4 is 0 Å². The summed E-state index contributed by atoms with van der Waals surface area (Å²) in [5.41, 5.74) is 0. The summed E-state index contributed by atoms with van der Waals surface area (Å²) in [6.07, 6.45) is 7.99. The Balaban J connectivity index is 0. The van der Waals surface area contributed by atoms with Crippen molar-refractivity contribution in [3.05, 3.63) is 0 Å². The van der Waals surface area contributed by atoms with Crippen LogP contribution >= 0.6 is 19.5 Å². The maximum absolute atomic E-state index is 5.38. The van der Waals surface area contributed by atoms with E-state index in [0.717, 1.165) is 5.88 Å². The highest BCUT2D eigenvalue weighted by atomic mass is 35.5. The summed E-state index contributed by atoms with van der Waals surface area (Å²) >= 11 is 5.38. The highest BCUT2D eigenvalue weighted by Gasteiger charge is 1.94. The van der Waals surface area contributed by atoms with Crippen LogP contribution in [0, 0.1) is 0 Å². The molecule has 0 saturated carbocycles. The largest absolute Gasteiger partial charge is 0.127 e. The average Bonchev–Trinajstić information content (AvgIpc) is 2.18. The zero-order chi connectivity index (χ0) is 10.5. The quantitative estimate of drug-likeness (QED) is 0.341. The van der Waals surface area contributed by atoms with Gasteiger partial charge in [0.15, 0.2) is 0 Å². The summed E-state index contributed by atoms with van der Waals surface area (Å²) in [5.74, 6) is 0.827. The number of unbranched alkanes of at least 4 members (excludes halogenated alkanes) is 2. The molecule has 0 saturated heterocycles. The van der Waals surface area contributed by atoms with Gasteiger partial charge in [-0.15, -0.1) is 19.5 Å². The molecule has 0 aromatic rings. The van der Waals surface area contributed by atoms with Gasteiger partial charge in [-0.25, -0.2) is 0 Å². The summed E-state index contributed by atoms with van der Waals surface area (Å²) < 4.78 is 0. The molecule has 0 bridgehead atoms. The van der Waals surface area contributed by atoms with Gasteiger partial charge in [0.05, 0.1) is 0 Å². The third kappa shape index (κ3) is 15.5. The van der Waals surface area contributed by atoms with Gasteiger partial charge in [-0.05, 0) is 24.9 Å². The van der Waals surface area contributed by atoms with Crippen molar-refractivity contribution in [3.63, 3.8) is 0 Å². The van der Waals surface area contributed by atoms with Gasteiger partial charge in [-0.2, -0.15) is 0 Å². The highest BCUT2D eigenvalue weighted by molar-refractivity contribution is 7.57. The van der Waals surface area contributed by atoms with Crippen molar-refractivity contribution in [3.8, 4) is 0 Å². The van der Waals surface area contributed by atoms with Crippen LogP contribution in [-0.2, 0) is 0 Å². The van der Waals surface area contributed by atoms with Crippen molar-refractivity contribution in [2.45, 2.75) is 47.0 Å². The normalized spacial score (nSPS) is 9.69. The van der Waals surface area contributed by atoms with Gasteiger partial charge in [-0.1, -0.05) is 40.5 Å². The molecule has 2 heteroatoms. The second-order valence-corrected chi connectivity index (χ2v) is 6.63. The maximum atomic E-state index is 5.38. The van der Waals surface area contributed by atoms with Crippen molar-refractivity contribution in [1.82, 2.24) is 0 Å². The van der Waals surface area contributed by atoms with Crippen molar-refractivity contribution in [2.24, 2.45) is 0 Å². The molecule has 0 heterocycles. The first-order valence-electron chi connectivity index (χ1n) is 5.54. The number of hydrogen-bond acceptors (Lipinski definition) is 0. The van der Waals surface area contributed by atoms with Gasteiger partial charge in [0.1, 0.15) is 0 Å². The molecule has 82 valence electrons. The minimum atomic E-state index is 0.446. The van der Waals surface area contributed by atoms with Crippen LogP contribution in [0.25, 0.3) is 0 Å². The second-order valence-electron chi connectivity index (χ2n) is 3.02. The fourth-order valence-corrected chi connectivity index (χ4v) is 2.55. The van der Waals surface area contributed by atoms with Crippen molar-refractivity contribution >= 4 is 19.5 Å². The molecule has 0 amide bonds. The van der Waals surface area contributed by atoms with E-state index in [2.05, 4.69) is 27.7 Å². The lowest BCUT2D eigenvalue weighted by atomic mass is 10.3. The zero-order valence-corrected chi connectivity index (χ0v) is 11.4. The van der Waals surface area contributed by atoms with Gasteiger partial charge in [0.2, 0.25) is 0 Å². The van der Waals surface area contributed by atoms with E-state index in [9.17, 15) is 0 Å². The van der Waals surface area contributed by atoms with Crippen molar-refractivity contribution in [2.75, 3.05) is 24.4 Å². The summed E-state index contributed by atoms with van der Waals surface area (Å²) in [6, 6.07) is 0. The smallest absolute Gasteiger partial charge is 0.0223 e. The standard InChI is InChI=1S/C6H15P.C5H11Cl/c1-4-7(5-2)6-3;1-2-3-4-5-6/h4-6H2,1-3H3;2-5H2,1H3. The summed E-state index contributed by atoms with van der Waals surface area (Å²) in [4.78, 5) is 0. The fraction of sp³-hybridized carbons (Fsp3) is 1.00. The highest BCUT2D eigenvalue weighted by Crippen LogP contribution is 2.32. The van der Waals surface area contributed by atoms with Crippen LogP contribution in [0.1, 0.15) is 47.0 Å². The second kappa shape index (κ2) is 15.2. The van der Waals surface area contributed by atoms with Crippen LogP contribution in [-0.4, -0.2) is 24.4 Å². The first-order valence-corrected chi connectivity index (χ1v) is 7.98. The Bertz CT molecular complexity index is 63.0. The summed E-state index contributed by atoms with van der Waals surface area (Å²) in [6.45, 7) is 9.04. The van der Waals surface area contributed by atoms with Crippen LogP contribution in [0.2, 0.25) is 0 Å². The zero-order valence-electron chi connectivity index (χ0n) is 9.77. The summed E-state index contributed by atoms with van der Waals surface area (Å²) in [7, 11) is 0.446. The average molecular weight is 225 g/mol. The summed E-state index contributed by atoms with van der Waals surface area (Å²) in [5, 5.41) is 0.